The number of hydrogen-bond donors (Lipinski definition) is 2. The molecule has 3 saturated heterocycles. The van der Waals surface area contributed by atoms with Crippen LogP contribution < -0.4 is 10.9 Å². The van der Waals surface area contributed by atoms with Crippen LogP contribution in [0.15, 0.2) is 30.3 Å². The molecular formula is C25H35N5O6. The van der Waals surface area contributed by atoms with Crippen LogP contribution in [0, 0.1) is 5.92 Å². The van der Waals surface area contributed by atoms with Gasteiger partial charge in [0.25, 0.3) is 5.91 Å². The van der Waals surface area contributed by atoms with Crippen LogP contribution in [0.2, 0.25) is 0 Å². The number of ether oxygens (including phenoxy) is 1. The van der Waals surface area contributed by atoms with Gasteiger partial charge in [-0.05, 0) is 52.0 Å². The summed E-state index contributed by atoms with van der Waals surface area (Å²) in [6.45, 7) is 6.79. The third kappa shape index (κ3) is 6.07. The first-order valence-corrected chi connectivity index (χ1v) is 12.5. The fourth-order valence-electron chi connectivity index (χ4n) is 4.78. The van der Waals surface area contributed by atoms with Crippen molar-refractivity contribution < 1.29 is 28.8 Å². The predicted octanol–water partition coefficient (Wildman–Crippen LogP) is 2.18. The number of nitrogens with zero attached hydrogens (tertiary/aromatic N) is 3. The number of carbonyl (C=O) groups excluding carboxylic acids is 4. The van der Waals surface area contributed by atoms with Gasteiger partial charge in [0.05, 0.1) is 12.0 Å². The zero-order valence-electron chi connectivity index (χ0n) is 21.1. The maximum atomic E-state index is 12.9. The van der Waals surface area contributed by atoms with E-state index in [-0.39, 0.29) is 31.1 Å². The smallest absolute Gasteiger partial charge is 0.410 e. The number of hydroxylamine groups is 2. The van der Waals surface area contributed by atoms with E-state index in [1.807, 2.05) is 30.3 Å². The van der Waals surface area contributed by atoms with Gasteiger partial charge in [0.2, 0.25) is 5.91 Å². The molecule has 3 aliphatic rings. The number of carbonyl (C=O) groups is 4. The van der Waals surface area contributed by atoms with Crippen LogP contribution in [0.4, 0.5) is 9.59 Å². The van der Waals surface area contributed by atoms with Gasteiger partial charge in [0.1, 0.15) is 18.2 Å². The molecular weight excluding hydrogens is 466 g/mol. The van der Waals surface area contributed by atoms with Crippen LogP contribution in [0.1, 0.15) is 52.0 Å². The summed E-state index contributed by atoms with van der Waals surface area (Å²) in [5.41, 5.74) is 5.30. The van der Waals surface area contributed by atoms with Crippen molar-refractivity contribution >= 4 is 23.9 Å². The van der Waals surface area contributed by atoms with E-state index in [0.717, 1.165) is 5.56 Å². The second-order valence-electron chi connectivity index (χ2n) is 10.5. The van der Waals surface area contributed by atoms with Crippen molar-refractivity contribution in [2.24, 2.45) is 5.92 Å². The molecule has 0 radical (unpaired) electrons. The molecule has 3 heterocycles. The van der Waals surface area contributed by atoms with Crippen LogP contribution in [0.25, 0.3) is 0 Å². The first-order chi connectivity index (χ1) is 17.1. The number of rotatable bonds is 5. The van der Waals surface area contributed by atoms with Gasteiger partial charge < -0.3 is 14.5 Å². The summed E-state index contributed by atoms with van der Waals surface area (Å²) >= 11 is 0. The lowest BCUT2D eigenvalue weighted by atomic mass is 9.97. The summed E-state index contributed by atoms with van der Waals surface area (Å²) in [5, 5.41) is 1.37. The molecule has 0 saturated carbocycles. The molecule has 3 aliphatic heterocycles. The summed E-state index contributed by atoms with van der Waals surface area (Å²) in [6.07, 6.45) is 1.91. The van der Waals surface area contributed by atoms with Crippen molar-refractivity contribution in [2.45, 2.75) is 70.7 Å². The molecule has 0 unspecified atom stereocenters. The molecule has 5 amide bonds. The number of piperidine rings is 2. The predicted molar refractivity (Wildman–Crippen MR) is 129 cm³/mol. The molecule has 2 bridgehead atoms. The Balaban J connectivity index is 1.26. The second kappa shape index (κ2) is 10.7. The largest absolute Gasteiger partial charge is 0.444 e. The fourth-order valence-corrected chi connectivity index (χ4v) is 4.78. The number of benzene rings is 1. The number of fused-ring (bicyclic) bond motifs is 2. The SMILES string of the molecule is CC(C)(C)OC(=O)N1CCC[C@H](C(=O)NNC(=O)[C@@H]2CC[C@@H]3CN2C(=O)N3OCc2ccccc2)C1. The Morgan fingerprint density at radius 3 is 2.44 bits per heavy atom. The molecule has 1 aromatic carbocycles. The van der Waals surface area contributed by atoms with E-state index in [9.17, 15) is 19.2 Å². The molecule has 1 aromatic rings. The minimum Gasteiger partial charge on any atom is -0.444 e. The van der Waals surface area contributed by atoms with E-state index < -0.39 is 29.6 Å². The molecule has 36 heavy (non-hydrogen) atoms. The van der Waals surface area contributed by atoms with Gasteiger partial charge in [-0.2, -0.15) is 5.06 Å². The zero-order chi connectivity index (χ0) is 25.9. The second-order valence-corrected chi connectivity index (χ2v) is 10.5. The van der Waals surface area contributed by atoms with Crippen LogP contribution >= 0.6 is 0 Å². The lowest BCUT2D eigenvalue weighted by molar-refractivity contribution is -0.140. The Bertz CT molecular complexity index is 981. The zero-order valence-corrected chi connectivity index (χ0v) is 21.1. The molecule has 0 aromatic heterocycles. The van der Waals surface area contributed by atoms with Gasteiger partial charge in [0.15, 0.2) is 0 Å². The fraction of sp³-hybridized carbons (Fsp3) is 0.600. The molecule has 2 N–H and O–H groups in total. The summed E-state index contributed by atoms with van der Waals surface area (Å²) < 4.78 is 5.41. The van der Waals surface area contributed by atoms with Gasteiger partial charge in [-0.15, -0.1) is 0 Å². The highest BCUT2D eigenvalue weighted by molar-refractivity contribution is 5.90. The van der Waals surface area contributed by atoms with E-state index in [1.54, 1.807) is 20.8 Å². The van der Waals surface area contributed by atoms with Crippen LogP contribution in [-0.4, -0.2) is 76.1 Å². The van der Waals surface area contributed by atoms with Crippen LogP contribution in [-0.2, 0) is 25.8 Å². The standard InChI is InChI=1S/C25H35N5O6/c1-25(2,3)36-24(34)28-13-7-10-18(14-28)21(31)26-27-22(32)20-12-11-19-15-29(20)23(33)30(19)35-16-17-8-5-4-6-9-17/h4-6,8-9,18-20H,7,10-16H2,1-3H3,(H,26,31)(H,27,32)/t18-,19+,20-/m0/s1. The summed E-state index contributed by atoms with van der Waals surface area (Å²) in [7, 11) is 0. The van der Waals surface area contributed by atoms with Crippen molar-refractivity contribution in [1.29, 1.82) is 0 Å². The Morgan fingerprint density at radius 2 is 1.72 bits per heavy atom. The van der Waals surface area contributed by atoms with Gasteiger partial charge >= 0.3 is 12.1 Å². The molecule has 3 atom stereocenters. The third-order valence-electron chi connectivity index (χ3n) is 6.59. The highest BCUT2D eigenvalue weighted by Gasteiger charge is 2.48. The molecule has 4 rings (SSSR count). The minimum atomic E-state index is -0.691. The number of hydrogen-bond acceptors (Lipinski definition) is 6. The Hall–Kier alpha value is -3.34. The number of hydrazine groups is 1. The topological polar surface area (TPSA) is 121 Å². The lowest BCUT2D eigenvalue weighted by Gasteiger charge is -2.33. The molecule has 11 heteroatoms. The first kappa shape index (κ1) is 25.7. The van der Waals surface area contributed by atoms with E-state index in [1.165, 1.54) is 14.9 Å². The normalized spacial score (nSPS) is 23.9. The van der Waals surface area contributed by atoms with E-state index in [0.29, 0.717) is 38.8 Å². The highest BCUT2D eigenvalue weighted by Crippen LogP contribution is 2.30. The van der Waals surface area contributed by atoms with Crippen molar-refractivity contribution in [2.75, 3.05) is 19.6 Å². The molecule has 11 nitrogen and oxygen atoms in total. The Morgan fingerprint density at radius 1 is 1.00 bits per heavy atom. The summed E-state index contributed by atoms with van der Waals surface area (Å²) in [4.78, 5) is 59.7. The molecule has 0 spiro atoms. The molecule has 0 aliphatic carbocycles. The first-order valence-electron chi connectivity index (χ1n) is 12.5. The Kier molecular flexibility index (Phi) is 7.67. The van der Waals surface area contributed by atoms with Crippen molar-refractivity contribution in [3.63, 3.8) is 0 Å². The van der Waals surface area contributed by atoms with Crippen LogP contribution in [0.5, 0.6) is 0 Å². The number of likely N-dealkylation sites (tertiary alicyclic amines) is 1. The van der Waals surface area contributed by atoms with E-state index in [4.69, 9.17) is 9.57 Å². The van der Waals surface area contributed by atoms with Crippen molar-refractivity contribution in [3.05, 3.63) is 35.9 Å². The lowest BCUT2D eigenvalue weighted by Crippen LogP contribution is -2.56. The average molecular weight is 502 g/mol. The minimum absolute atomic E-state index is 0.110. The quantitative estimate of drug-likeness (QED) is 0.597. The Labute approximate surface area is 211 Å². The van der Waals surface area contributed by atoms with E-state index in [2.05, 4.69) is 10.9 Å². The average Bonchev–Trinajstić information content (AvgIpc) is 3.09. The van der Waals surface area contributed by atoms with Gasteiger partial charge in [0, 0.05) is 19.6 Å². The van der Waals surface area contributed by atoms with Crippen LogP contribution in [0.3, 0.4) is 0 Å². The van der Waals surface area contributed by atoms with Crippen molar-refractivity contribution in [3.8, 4) is 0 Å². The monoisotopic (exact) mass is 501 g/mol. The summed E-state index contributed by atoms with van der Waals surface area (Å²) in [5.74, 6) is -1.27. The number of nitrogens with one attached hydrogen (secondary N) is 2. The molecule has 196 valence electrons. The maximum Gasteiger partial charge on any atom is 0.410 e. The third-order valence-corrected chi connectivity index (χ3v) is 6.59. The van der Waals surface area contributed by atoms with Gasteiger partial charge in [-0.25, -0.2) is 9.59 Å². The van der Waals surface area contributed by atoms with Crippen molar-refractivity contribution in [1.82, 2.24) is 25.7 Å². The van der Waals surface area contributed by atoms with Gasteiger partial charge in [-0.3, -0.25) is 25.3 Å². The maximum absolute atomic E-state index is 12.9. The highest BCUT2D eigenvalue weighted by atomic mass is 16.7. The number of urea groups is 1. The van der Waals surface area contributed by atoms with Gasteiger partial charge in [-0.1, -0.05) is 30.3 Å². The van der Waals surface area contributed by atoms with E-state index >= 15 is 0 Å². The number of amides is 5. The summed E-state index contributed by atoms with van der Waals surface area (Å²) in [6, 6.07) is 8.42. The molecule has 3 fully saturated rings.